The molecule has 0 amide bonds. The van der Waals surface area contributed by atoms with Gasteiger partial charge in [0.25, 0.3) is 0 Å². The van der Waals surface area contributed by atoms with Crippen LogP contribution in [-0.2, 0) is 17.4 Å². The van der Waals surface area contributed by atoms with Crippen molar-refractivity contribution in [2.75, 3.05) is 0 Å². The van der Waals surface area contributed by atoms with Crippen molar-refractivity contribution in [3.63, 3.8) is 0 Å². The Kier molecular flexibility index (Phi) is 7.87. The molecule has 2 atom stereocenters. The topological polar surface area (TPSA) is 0 Å². The summed E-state index contributed by atoms with van der Waals surface area (Å²) >= 11 is -3.79. The summed E-state index contributed by atoms with van der Waals surface area (Å²) in [7, 11) is 0. The zero-order chi connectivity index (χ0) is 21.7. The average Bonchev–Trinajstić information content (AvgIpc) is 3.39. The van der Waals surface area contributed by atoms with Gasteiger partial charge in [-0.1, -0.05) is 0 Å². The zero-order valence-electron chi connectivity index (χ0n) is 19.8. The molecule has 0 fully saturated rings. The van der Waals surface area contributed by atoms with Gasteiger partial charge in [-0.25, -0.2) is 0 Å². The van der Waals surface area contributed by atoms with E-state index in [1.807, 2.05) is 0 Å². The first kappa shape index (κ1) is 26.4. The number of halogens is 2. The van der Waals surface area contributed by atoms with E-state index in [4.69, 9.17) is 0 Å². The normalized spacial score (nSPS) is 18.9. The standard InChI is InChI=1S/2C11H11.C6H5.CH3.2ClH.H2Si.Zr/c2*1-2-9-7-10-5-3-4-6-11(10)8-9;1-2-4-6-5-3-1;;;;;/h2*3-8H,2H2,1H3;1-5H;1H3;2*1H;1H2;. The molecule has 0 spiro atoms. The van der Waals surface area contributed by atoms with E-state index in [1.165, 1.54) is 11.1 Å². The maximum atomic E-state index is 2.77. The third-order valence-electron chi connectivity index (χ3n) is 8.06. The Hall–Kier alpha value is -1.18. The first-order valence-corrected chi connectivity index (χ1v) is 24.1. The van der Waals surface area contributed by atoms with Crippen LogP contribution < -0.4 is 3.27 Å². The second-order valence-corrected chi connectivity index (χ2v) is 36.1. The Balaban J connectivity index is 0.00000153. The van der Waals surface area contributed by atoms with Gasteiger partial charge in [-0.3, -0.25) is 0 Å². The predicted octanol–water partition coefficient (Wildman–Crippen LogP) is 7.54. The molecule has 0 aliphatic heterocycles. The van der Waals surface area contributed by atoms with E-state index in [-0.39, 0.29) is 24.8 Å². The summed E-state index contributed by atoms with van der Waals surface area (Å²) in [6.45, 7) is 7.16. The first-order chi connectivity index (χ1) is 15.0. The van der Waals surface area contributed by atoms with Crippen molar-refractivity contribution in [1.29, 1.82) is 0 Å². The molecule has 0 saturated carbocycles. The number of benzene rings is 3. The Labute approximate surface area is 213 Å². The van der Waals surface area contributed by atoms with Crippen molar-refractivity contribution in [3.8, 4) is 0 Å². The Morgan fingerprint density at radius 3 is 1.45 bits per heavy atom. The molecular weight excluding hydrogens is 539 g/mol. The van der Waals surface area contributed by atoms with E-state index >= 15 is 0 Å². The van der Waals surface area contributed by atoms with E-state index in [0.717, 1.165) is 12.8 Å². The van der Waals surface area contributed by atoms with Crippen LogP contribution in [0.5, 0.6) is 0 Å². The number of allylic oxidation sites excluding steroid dienone is 2. The van der Waals surface area contributed by atoms with Gasteiger partial charge < -0.3 is 0 Å². The fourth-order valence-corrected chi connectivity index (χ4v) is 31.1. The summed E-state index contributed by atoms with van der Waals surface area (Å²) in [6.07, 6.45) is 7.29. The quantitative estimate of drug-likeness (QED) is 0.277. The fraction of sp³-hybridized carbons (Fsp3) is 0.241. The van der Waals surface area contributed by atoms with Crippen molar-refractivity contribution in [2.45, 2.75) is 38.6 Å². The van der Waals surface area contributed by atoms with Crippen LogP contribution in [0.3, 0.4) is 0 Å². The number of fused-ring (bicyclic) bond motifs is 2. The Morgan fingerprint density at radius 1 is 0.636 bits per heavy atom. The molecule has 0 aromatic heterocycles. The van der Waals surface area contributed by atoms with E-state index in [2.05, 4.69) is 116 Å². The van der Waals surface area contributed by atoms with E-state index in [0.29, 0.717) is 7.25 Å². The molecule has 0 heterocycles. The van der Waals surface area contributed by atoms with E-state index < -0.39 is 17.4 Å². The molecule has 3 aromatic rings. The summed E-state index contributed by atoms with van der Waals surface area (Å²) < 4.78 is 5.51. The maximum Gasteiger partial charge on any atom is -0.147 e. The zero-order valence-corrected chi connectivity index (χ0v) is 25.3. The van der Waals surface area contributed by atoms with Crippen molar-refractivity contribution in [1.82, 2.24) is 0 Å². The second kappa shape index (κ2) is 9.82. The first-order valence-electron chi connectivity index (χ1n) is 11.7. The maximum absolute atomic E-state index is 3.79. The van der Waals surface area contributed by atoms with Gasteiger partial charge in [-0.2, -0.15) is 0 Å². The van der Waals surface area contributed by atoms with Gasteiger partial charge in [0.15, 0.2) is 0 Å². The van der Waals surface area contributed by atoms with Crippen molar-refractivity contribution in [3.05, 3.63) is 112 Å². The summed E-state index contributed by atoms with van der Waals surface area (Å²) in [5.74, 6) is 0. The molecule has 4 heteroatoms. The summed E-state index contributed by atoms with van der Waals surface area (Å²) in [6, 6.07) is 30.0. The van der Waals surface area contributed by atoms with Crippen molar-refractivity contribution < 1.29 is 17.4 Å². The predicted molar refractivity (Wildman–Crippen MR) is 150 cm³/mol. The van der Waals surface area contributed by atoms with Gasteiger partial charge in [0.2, 0.25) is 0 Å². The molecule has 172 valence electrons. The summed E-state index contributed by atoms with van der Waals surface area (Å²) in [5, 5.41) is 0. The molecule has 0 nitrogen and oxygen atoms in total. The van der Waals surface area contributed by atoms with Gasteiger partial charge in [-0.05, 0) is 0 Å². The largest absolute Gasteiger partial charge is 0.147 e. The monoisotopic (exact) mass is 570 g/mol. The van der Waals surface area contributed by atoms with Crippen LogP contribution in [0.2, 0.25) is 4.63 Å². The minimum Gasteiger partial charge on any atom is -0.147 e. The van der Waals surface area contributed by atoms with Crippen molar-refractivity contribution >= 4 is 47.1 Å². The van der Waals surface area contributed by atoms with Crippen LogP contribution in [0.4, 0.5) is 0 Å². The molecule has 0 N–H and O–H groups in total. The van der Waals surface area contributed by atoms with Crippen LogP contribution in [0.15, 0.2) is 90.0 Å². The molecule has 2 aliphatic carbocycles. The van der Waals surface area contributed by atoms with Crippen LogP contribution >= 0.6 is 24.8 Å². The van der Waals surface area contributed by atoms with Gasteiger partial charge in [0, 0.05) is 0 Å². The molecule has 0 radical (unpaired) electrons. The fourth-order valence-electron chi connectivity index (χ4n) is 6.70. The van der Waals surface area contributed by atoms with Crippen LogP contribution in [0.25, 0.3) is 12.2 Å². The van der Waals surface area contributed by atoms with E-state index in [1.54, 1.807) is 25.5 Å². The molecule has 5 rings (SSSR count). The smallest absolute Gasteiger partial charge is 0.147 e. The molecule has 33 heavy (non-hydrogen) atoms. The summed E-state index contributed by atoms with van der Waals surface area (Å²) in [5.41, 5.74) is 9.34. The van der Waals surface area contributed by atoms with Gasteiger partial charge in [0.05, 0.1) is 0 Å². The van der Waals surface area contributed by atoms with Gasteiger partial charge in [0.1, 0.15) is 0 Å². The van der Waals surface area contributed by atoms with Gasteiger partial charge in [-0.15, -0.1) is 24.8 Å². The molecule has 0 bridgehead atoms. The molecular formula is C29H34Cl2SiZr. The van der Waals surface area contributed by atoms with Crippen molar-refractivity contribution in [2.24, 2.45) is 0 Å². The Morgan fingerprint density at radius 2 is 1.03 bits per heavy atom. The minimum atomic E-state index is -3.79. The summed E-state index contributed by atoms with van der Waals surface area (Å²) in [4.78, 5) is 0. The molecule has 2 aliphatic rings. The molecule has 2 unspecified atom stereocenters. The average molecular weight is 573 g/mol. The third-order valence-corrected chi connectivity index (χ3v) is 31.4. The second-order valence-electron chi connectivity index (χ2n) is 9.86. The molecule has 0 saturated heterocycles. The number of rotatable bonds is 5. The van der Waals surface area contributed by atoms with Crippen LogP contribution in [0, 0.1) is 0 Å². The van der Waals surface area contributed by atoms with Gasteiger partial charge >= 0.3 is 191 Å². The van der Waals surface area contributed by atoms with Crippen LogP contribution in [-0.4, -0.2) is 6.88 Å². The Bertz CT molecular complexity index is 1220. The molecule has 3 aromatic carbocycles. The SMILES string of the molecule is CCC1=Cc2ccccc2[CH]1[Zr]([CH3])(=[SiH2])([c]1ccccc1)[CH]1C(CC)=Cc2ccccc21.Cl.Cl. The number of hydrogen-bond donors (Lipinski definition) is 0. The third kappa shape index (κ3) is 3.92. The van der Waals surface area contributed by atoms with Crippen LogP contribution in [0.1, 0.15) is 56.2 Å². The number of hydrogen-bond acceptors (Lipinski definition) is 0. The van der Waals surface area contributed by atoms with E-state index in [9.17, 15) is 0 Å². The minimum absolute atomic E-state index is 0.